The first-order valence-electron chi connectivity index (χ1n) is 9.09. The molecule has 3 saturated carbocycles. The van der Waals surface area contributed by atoms with Crippen molar-refractivity contribution in [2.24, 2.45) is 28.6 Å². The molecule has 1 unspecified atom stereocenters. The highest BCUT2D eigenvalue weighted by molar-refractivity contribution is 6.07. The second-order valence-corrected chi connectivity index (χ2v) is 8.82. The smallest absolute Gasteiger partial charge is 0.169 e. The molecule has 2 nitrogen and oxygen atoms in total. The fourth-order valence-corrected chi connectivity index (χ4v) is 6.43. The van der Waals surface area contributed by atoms with Gasteiger partial charge in [0.05, 0.1) is 6.10 Å². The van der Waals surface area contributed by atoms with Crippen LogP contribution in [0.4, 0.5) is 0 Å². The molecular weight excluding hydrogens is 284 g/mol. The molecule has 2 heteroatoms. The average Bonchev–Trinajstić information content (AvgIpc) is 2.69. The van der Waals surface area contributed by atoms with E-state index in [4.69, 9.17) is 0 Å². The Morgan fingerprint density at radius 1 is 1.17 bits per heavy atom. The van der Waals surface area contributed by atoms with Crippen LogP contribution < -0.4 is 0 Å². The molecular formula is C21H28O2. The molecule has 0 amide bonds. The lowest BCUT2D eigenvalue weighted by molar-refractivity contribution is -0.129. The van der Waals surface area contributed by atoms with Gasteiger partial charge in [0.1, 0.15) is 0 Å². The number of hydrogen-bond acceptors (Lipinski definition) is 2. The van der Waals surface area contributed by atoms with Crippen LogP contribution in [0.3, 0.4) is 0 Å². The minimum atomic E-state index is -0.273. The predicted molar refractivity (Wildman–Crippen MR) is 91.8 cm³/mol. The summed E-state index contributed by atoms with van der Waals surface area (Å²) in [6.45, 7) is 12.8. The van der Waals surface area contributed by atoms with E-state index in [1.165, 1.54) is 5.57 Å². The van der Waals surface area contributed by atoms with Crippen LogP contribution in [0, 0.1) is 28.6 Å². The summed E-state index contributed by atoms with van der Waals surface area (Å²) in [4.78, 5) is 12.7. The lowest BCUT2D eigenvalue weighted by atomic mass is 9.48. The SMILES string of the molecule is C=C1C(=C)[C@H]2[C@@H]3CC=C4CC(O)CC[C@]4(C)[C@@H]3CC[C@]2(C)C1=O. The van der Waals surface area contributed by atoms with E-state index in [-0.39, 0.29) is 28.6 Å². The lowest BCUT2D eigenvalue weighted by Crippen LogP contribution is -2.50. The molecule has 6 atom stereocenters. The minimum Gasteiger partial charge on any atom is -0.393 e. The molecule has 0 aliphatic heterocycles. The Bertz CT molecular complexity index is 642. The molecule has 3 fully saturated rings. The van der Waals surface area contributed by atoms with Gasteiger partial charge in [0.2, 0.25) is 0 Å². The average molecular weight is 312 g/mol. The molecule has 0 aromatic heterocycles. The van der Waals surface area contributed by atoms with Crippen molar-refractivity contribution in [2.45, 2.75) is 58.5 Å². The van der Waals surface area contributed by atoms with E-state index in [2.05, 4.69) is 33.1 Å². The van der Waals surface area contributed by atoms with Crippen molar-refractivity contribution in [2.75, 3.05) is 0 Å². The van der Waals surface area contributed by atoms with Crippen LogP contribution in [0.25, 0.3) is 0 Å². The number of fused-ring (bicyclic) bond motifs is 5. The molecule has 1 N–H and O–H groups in total. The number of hydrogen-bond donors (Lipinski definition) is 1. The van der Waals surface area contributed by atoms with Gasteiger partial charge >= 0.3 is 0 Å². The number of aliphatic hydroxyl groups is 1. The van der Waals surface area contributed by atoms with Crippen LogP contribution in [-0.4, -0.2) is 17.0 Å². The highest BCUT2D eigenvalue weighted by Crippen LogP contribution is 2.65. The molecule has 4 aliphatic rings. The first-order chi connectivity index (χ1) is 10.8. The summed E-state index contributed by atoms with van der Waals surface area (Å²) in [6.07, 6.45) is 8.15. The number of rotatable bonds is 0. The number of Topliss-reactive ketones (excluding diaryl/α,β-unsaturated/α-hetero) is 1. The third-order valence-electron chi connectivity index (χ3n) is 7.80. The van der Waals surface area contributed by atoms with Crippen LogP contribution in [0.5, 0.6) is 0 Å². The quantitative estimate of drug-likeness (QED) is 0.537. The van der Waals surface area contributed by atoms with Gasteiger partial charge in [-0.3, -0.25) is 4.79 Å². The Kier molecular flexibility index (Phi) is 3.14. The molecule has 0 heterocycles. The summed E-state index contributed by atoms with van der Waals surface area (Å²) in [6, 6.07) is 0. The molecule has 4 rings (SSSR count). The van der Waals surface area contributed by atoms with Gasteiger partial charge in [0.15, 0.2) is 5.78 Å². The van der Waals surface area contributed by atoms with Crippen molar-refractivity contribution in [1.29, 1.82) is 0 Å². The molecule has 124 valence electrons. The number of ketones is 1. The van der Waals surface area contributed by atoms with Gasteiger partial charge in [0.25, 0.3) is 0 Å². The second-order valence-electron chi connectivity index (χ2n) is 8.82. The normalized spacial score (nSPS) is 49.3. The van der Waals surface area contributed by atoms with E-state index >= 15 is 0 Å². The van der Waals surface area contributed by atoms with Gasteiger partial charge in [-0.25, -0.2) is 0 Å². The zero-order chi connectivity index (χ0) is 16.6. The van der Waals surface area contributed by atoms with E-state index < -0.39 is 0 Å². The second kappa shape index (κ2) is 4.69. The van der Waals surface area contributed by atoms with E-state index in [1.54, 1.807) is 0 Å². The van der Waals surface area contributed by atoms with Crippen LogP contribution in [0.15, 0.2) is 36.0 Å². The largest absolute Gasteiger partial charge is 0.393 e. The van der Waals surface area contributed by atoms with Gasteiger partial charge in [-0.05, 0) is 61.3 Å². The molecule has 0 spiro atoms. The number of carbonyl (C=O) groups excluding carboxylic acids is 1. The van der Waals surface area contributed by atoms with Crippen LogP contribution in [-0.2, 0) is 4.79 Å². The molecule has 0 saturated heterocycles. The highest BCUT2D eigenvalue weighted by Gasteiger charge is 2.60. The fraction of sp³-hybridized carbons (Fsp3) is 0.667. The molecule has 0 radical (unpaired) electrons. The summed E-state index contributed by atoms with van der Waals surface area (Å²) >= 11 is 0. The molecule has 4 aliphatic carbocycles. The third kappa shape index (κ3) is 1.82. The van der Waals surface area contributed by atoms with E-state index in [9.17, 15) is 9.90 Å². The molecule has 23 heavy (non-hydrogen) atoms. The standard InChI is InChI=1S/C21H28O2/c1-12-13(2)19(23)21(4)10-8-17-16(18(12)21)6-5-14-11-15(22)7-9-20(14,17)3/h5,15-18,22H,1-2,6-11H2,3-4H3/t15?,16-,17-,18+,20+,21+/m1/s1. The molecule has 0 aromatic carbocycles. The van der Waals surface area contributed by atoms with Crippen molar-refractivity contribution < 1.29 is 9.90 Å². The molecule has 0 aromatic rings. The zero-order valence-electron chi connectivity index (χ0n) is 14.4. The van der Waals surface area contributed by atoms with E-state index in [0.29, 0.717) is 17.4 Å². The van der Waals surface area contributed by atoms with Gasteiger partial charge in [0, 0.05) is 16.9 Å². The van der Waals surface area contributed by atoms with Crippen LogP contribution >= 0.6 is 0 Å². The fourth-order valence-electron chi connectivity index (χ4n) is 6.43. The first-order valence-corrected chi connectivity index (χ1v) is 9.09. The zero-order valence-corrected chi connectivity index (χ0v) is 14.4. The summed E-state index contributed by atoms with van der Waals surface area (Å²) < 4.78 is 0. The number of carbonyl (C=O) groups is 1. The van der Waals surface area contributed by atoms with E-state index in [0.717, 1.165) is 44.1 Å². The Morgan fingerprint density at radius 3 is 2.61 bits per heavy atom. The van der Waals surface area contributed by atoms with E-state index in [1.807, 2.05) is 0 Å². The Balaban J connectivity index is 1.76. The maximum absolute atomic E-state index is 12.7. The first kappa shape index (κ1) is 15.4. The predicted octanol–water partition coefficient (Wildman–Crippen LogP) is 4.21. The lowest BCUT2D eigenvalue weighted by Gasteiger charge is -2.56. The van der Waals surface area contributed by atoms with Crippen molar-refractivity contribution in [3.05, 3.63) is 36.0 Å². The Morgan fingerprint density at radius 2 is 1.87 bits per heavy atom. The Hall–Kier alpha value is -1.15. The van der Waals surface area contributed by atoms with Gasteiger partial charge in [-0.2, -0.15) is 0 Å². The van der Waals surface area contributed by atoms with Gasteiger partial charge < -0.3 is 5.11 Å². The highest BCUT2D eigenvalue weighted by atomic mass is 16.3. The van der Waals surface area contributed by atoms with Crippen LogP contribution in [0.1, 0.15) is 52.4 Å². The van der Waals surface area contributed by atoms with Crippen molar-refractivity contribution in [3.8, 4) is 0 Å². The topological polar surface area (TPSA) is 37.3 Å². The van der Waals surface area contributed by atoms with Gasteiger partial charge in [-0.15, -0.1) is 0 Å². The minimum absolute atomic E-state index is 0.164. The number of aliphatic hydroxyl groups excluding tert-OH is 1. The summed E-state index contributed by atoms with van der Waals surface area (Å²) in [5, 5.41) is 10.1. The van der Waals surface area contributed by atoms with Gasteiger partial charge in [-0.1, -0.05) is 38.7 Å². The van der Waals surface area contributed by atoms with Crippen molar-refractivity contribution in [1.82, 2.24) is 0 Å². The summed E-state index contributed by atoms with van der Waals surface area (Å²) in [5.41, 5.74) is 3.08. The maximum atomic E-state index is 12.7. The summed E-state index contributed by atoms with van der Waals surface area (Å²) in [7, 11) is 0. The van der Waals surface area contributed by atoms with Crippen molar-refractivity contribution >= 4 is 5.78 Å². The van der Waals surface area contributed by atoms with Crippen LogP contribution in [0.2, 0.25) is 0 Å². The third-order valence-corrected chi connectivity index (χ3v) is 7.80. The summed E-state index contributed by atoms with van der Waals surface area (Å²) in [5.74, 6) is 1.63. The molecule has 0 bridgehead atoms. The van der Waals surface area contributed by atoms with Crippen molar-refractivity contribution in [3.63, 3.8) is 0 Å². The number of allylic oxidation sites excluding steroid dienone is 3. The monoisotopic (exact) mass is 312 g/mol. The Labute approximate surface area is 139 Å². The maximum Gasteiger partial charge on any atom is 0.169 e.